The van der Waals surface area contributed by atoms with Gasteiger partial charge in [0.05, 0.1) is 14.6 Å². The molecule has 0 fully saturated rings. The molecule has 0 radical (unpaired) electrons. The van der Waals surface area contributed by atoms with E-state index >= 15 is 0 Å². The molecule has 0 bridgehead atoms. The van der Waals surface area contributed by atoms with Gasteiger partial charge >= 0.3 is 0 Å². The molecule has 5 nitrogen and oxygen atoms in total. The Bertz CT molecular complexity index is 2330. The number of fused-ring (bicyclic) bond motifs is 1. The van der Waals surface area contributed by atoms with Crippen LogP contribution in [0.5, 0.6) is 11.5 Å². The van der Waals surface area contributed by atoms with Gasteiger partial charge in [-0.25, -0.2) is 0 Å². The lowest BCUT2D eigenvalue weighted by atomic mass is 9.95. The highest BCUT2D eigenvalue weighted by Crippen LogP contribution is 2.57. The molecular formula is C50H49NO4S3. The first-order chi connectivity index (χ1) is 28.6. The fraction of sp³-hybridized carbons (Fsp3) is 0.280. The largest absolute Gasteiger partial charge is 0.485 e. The lowest BCUT2D eigenvalue weighted by molar-refractivity contribution is -0.124. The van der Waals surface area contributed by atoms with Crippen molar-refractivity contribution in [2.24, 2.45) is 0 Å². The number of allylic oxidation sites excluding steroid dienone is 1. The molecule has 58 heavy (non-hydrogen) atoms. The van der Waals surface area contributed by atoms with E-state index in [0.29, 0.717) is 19.7 Å². The summed E-state index contributed by atoms with van der Waals surface area (Å²) in [5.41, 5.74) is 8.54. The second-order valence-electron chi connectivity index (χ2n) is 14.5. The van der Waals surface area contributed by atoms with Crippen molar-refractivity contribution >= 4 is 58.2 Å². The average Bonchev–Trinajstić information content (AvgIpc) is 3.99. The first-order valence-corrected chi connectivity index (χ1v) is 22.9. The summed E-state index contributed by atoms with van der Waals surface area (Å²) >= 11 is 5.17. The Balaban J connectivity index is 1.27. The molecule has 3 aromatic carbocycles. The molecule has 0 N–H and O–H groups in total. The fourth-order valence-electron chi connectivity index (χ4n) is 7.36. The molecule has 7 rings (SSSR count). The normalized spacial score (nSPS) is 12.3. The van der Waals surface area contributed by atoms with Gasteiger partial charge in [0, 0.05) is 20.7 Å². The molecule has 0 spiro atoms. The van der Waals surface area contributed by atoms with E-state index in [0.717, 1.165) is 68.7 Å². The van der Waals surface area contributed by atoms with Crippen LogP contribution in [0.4, 0.5) is 0 Å². The van der Waals surface area contributed by atoms with Gasteiger partial charge in [-0.3, -0.25) is 4.79 Å². The number of aryl methyl sites for hydroxylation is 2. The fourth-order valence-corrected chi connectivity index (χ4v) is 11.2. The van der Waals surface area contributed by atoms with Crippen LogP contribution < -0.4 is 9.47 Å². The number of rotatable bonds is 19. The summed E-state index contributed by atoms with van der Waals surface area (Å²) in [5, 5.41) is 9.59. The maximum atomic E-state index is 11.1. The van der Waals surface area contributed by atoms with E-state index in [1.807, 2.05) is 17.4 Å². The Labute approximate surface area is 354 Å². The van der Waals surface area contributed by atoms with Crippen LogP contribution in [0.1, 0.15) is 97.9 Å². The van der Waals surface area contributed by atoms with Crippen LogP contribution in [0.25, 0.3) is 47.7 Å². The van der Waals surface area contributed by atoms with Crippen molar-refractivity contribution in [3.63, 3.8) is 0 Å². The lowest BCUT2D eigenvalue weighted by Gasteiger charge is -2.17. The molecular weight excluding hydrogens is 775 g/mol. The first kappa shape index (κ1) is 41.0. The predicted octanol–water partition coefficient (Wildman–Crippen LogP) is 14.5. The minimum absolute atomic E-state index is 0.0247. The number of thiophene rings is 3. The molecule has 0 saturated carbocycles. The number of carbonyl (C=O) groups is 1. The lowest BCUT2D eigenvalue weighted by Crippen LogP contribution is -2.14. The van der Waals surface area contributed by atoms with Gasteiger partial charge < -0.3 is 14.2 Å². The molecule has 0 aliphatic carbocycles. The van der Waals surface area contributed by atoms with Crippen LogP contribution in [0.3, 0.4) is 0 Å². The summed E-state index contributed by atoms with van der Waals surface area (Å²) in [6, 6.07) is 36.7. The monoisotopic (exact) mass is 823 g/mol. The zero-order valence-corrected chi connectivity index (χ0v) is 35.7. The SMILES string of the molecule is CCCCCCc1cc(-c2sc(-c3sc(C=C(C#N)OC=O)cc3CCCCCC)c3c2OCCO3)sc1-c1ccc(C=C(c2ccccc2)c2ccccc2)cc1. The number of hydrogen-bond donors (Lipinski definition) is 0. The van der Waals surface area contributed by atoms with Crippen molar-refractivity contribution in [2.45, 2.75) is 78.1 Å². The molecule has 4 heterocycles. The molecule has 0 atom stereocenters. The second-order valence-corrected chi connectivity index (χ2v) is 17.6. The zero-order valence-electron chi connectivity index (χ0n) is 33.3. The smallest absolute Gasteiger partial charge is 0.299 e. The summed E-state index contributed by atoms with van der Waals surface area (Å²) in [6.45, 7) is 5.77. The summed E-state index contributed by atoms with van der Waals surface area (Å²) in [5.74, 6) is 1.59. The van der Waals surface area contributed by atoms with Crippen LogP contribution in [0, 0.1) is 11.3 Å². The highest BCUT2D eigenvalue weighted by molar-refractivity contribution is 7.28. The molecule has 6 aromatic rings. The number of ether oxygens (including phenoxy) is 3. The molecule has 0 unspecified atom stereocenters. The summed E-state index contributed by atoms with van der Waals surface area (Å²) in [7, 11) is 0. The molecule has 1 aliphatic heterocycles. The van der Waals surface area contributed by atoms with Crippen LogP contribution in [0.15, 0.2) is 103 Å². The van der Waals surface area contributed by atoms with Gasteiger partial charge in [0.25, 0.3) is 6.47 Å². The second kappa shape index (κ2) is 20.5. The maximum absolute atomic E-state index is 11.1. The van der Waals surface area contributed by atoms with Crippen molar-refractivity contribution in [3.8, 4) is 47.5 Å². The molecule has 296 valence electrons. The Kier molecular flexibility index (Phi) is 14.5. The Morgan fingerprint density at radius 3 is 1.86 bits per heavy atom. The minimum Gasteiger partial charge on any atom is -0.485 e. The van der Waals surface area contributed by atoms with Gasteiger partial charge in [-0.1, -0.05) is 137 Å². The Morgan fingerprint density at radius 2 is 1.28 bits per heavy atom. The quantitative estimate of drug-likeness (QED) is 0.0268. The van der Waals surface area contributed by atoms with E-state index in [1.165, 1.54) is 75.2 Å². The third-order valence-electron chi connectivity index (χ3n) is 10.3. The van der Waals surface area contributed by atoms with E-state index in [2.05, 4.69) is 117 Å². The van der Waals surface area contributed by atoms with Gasteiger partial charge in [0.1, 0.15) is 19.3 Å². The van der Waals surface area contributed by atoms with E-state index in [4.69, 9.17) is 14.2 Å². The van der Waals surface area contributed by atoms with Crippen LogP contribution in [-0.4, -0.2) is 19.7 Å². The number of benzene rings is 3. The number of nitriles is 1. The number of nitrogens with zero attached hydrogens (tertiary/aromatic N) is 1. The van der Waals surface area contributed by atoms with E-state index in [-0.39, 0.29) is 5.76 Å². The first-order valence-electron chi connectivity index (χ1n) is 20.4. The van der Waals surface area contributed by atoms with Crippen molar-refractivity contribution in [1.82, 2.24) is 0 Å². The van der Waals surface area contributed by atoms with E-state index in [9.17, 15) is 10.1 Å². The van der Waals surface area contributed by atoms with Crippen LogP contribution in [-0.2, 0) is 22.4 Å². The van der Waals surface area contributed by atoms with E-state index < -0.39 is 0 Å². The Morgan fingerprint density at radius 1 is 0.672 bits per heavy atom. The van der Waals surface area contributed by atoms with Crippen LogP contribution >= 0.6 is 34.0 Å². The standard InChI is InChI=1S/C50H49NO4S3/c1-3-5-7-11-21-39-30-42(32-41(33-51)55-34-52)56-48(39)50-46-45(53-27-28-54-46)49(58-50)44-31-40(22-12-8-6-4-2)47(57-44)38-25-23-35(24-26-38)29-43(36-17-13-9-14-18-36)37-19-15-10-16-20-37/h9-10,13-20,23-26,29-32,34H,3-8,11-12,21-22,27-28H2,1-2H3. The van der Waals surface area contributed by atoms with Gasteiger partial charge in [-0.05, 0) is 82.8 Å². The highest BCUT2D eigenvalue weighted by Gasteiger charge is 2.30. The van der Waals surface area contributed by atoms with Gasteiger partial charge in [-0.2, -0.15) is 5.26 Å². The third kappa shape index (κ3) is 9.90. The number of carbonyl (C=O) groups excluding carboxylic acids is 1. The van der Waals surface area contributed by atoms with E-state index in [1.54, 1.807) is 28.7 Å². The minimum atomic E-state index is -0.0247. The molecule has 3 aromatic heterocycles. The Hall–Kier alpha value is -5.20. The van der Waals surface area contributed by atoms with Gasteiger partial charge in [0.15, 0.2) is 11.5 Å². The molecule has 0 amide bonds. The summed E-state index contributed by atoms with van der Waals surface area (Å²) < 4.78 is 17.8. The molecule has 1 aliphatic rings. The number of hydrogen-bond acceptors (Lipinski definition) is 8. The van der Waals surface area contributed by atoms with Crippen molar-refractivity contribution in [3.05, 3.63) is 136 Å². The summed E-state index contributed by atoms with van der Waals surface area (Å²) in [4.78, 5) is 17.7. The molecule has 0 saturated heterocycles. The third-order valence-corrected chi connectivity index (χ3v) is 14.1. The van der Waals surface area contributed by atoms with Gasteiger partial charge in [-0.15, -0.1) is 34.0 Å². The van der Waals surface area contributed by atoms with Crippen LogP contribution in [0.2, 0.25) is 0 Å². The predicted molar refractivity (Wildman–Crippen MR) is 244 cm³/mol. The maximum Gasteiger partial charge on any atom is 0.299 e. The molecule has 8 heteroatoms. The zero-order chi connectivity index (χ0) is 40.1. The number of unbranched alkanes of at least 4 members (excludes halogenated alkanes) is 6. The average molecular weight is 824 g/mol. The topological polar surface area (TPSA) is 68.5 Å². The summed E-state index contributed by atoms with van der Waals surface area (Å²) in [6.07, 6.45) is 15.2. The van der Waals surface area contributed by atoms with Crippen molar-refractivity contribution in [1.29, 1.82) is 5.26 Å². The van der Waals surface area contributed by atoms with Crippen molar-refractivity contribution in [2.75, 3.05) is 13.2 Å². The highest BCUT2D eigenvalue weighted by atomic mass is 32.1. The van der Waals surface area contributed by atoms with Gasteiger partial charge in [0.2, 0.25) is 5.76 Å². The van der Waals surface area contributed by atoms with Crippen molar-refractivity contribution < 1.29 is 19.0 Å².